The smallest absolute Gasteiger partial charge is 0.340 e. The van der Waals surface area contributed by atoms with Crippen LogP contribution in [0.3, 0.4) is 0 Å². The number of imidazole rings is 2. The van der Waals surface area contributed by atoms with Crippen LogP contribution in [0.1, 0.15) is 83.1 Å². The Morgan fingerprint density at radius 2 is 0.912 bits per heavy atom. The van der Waals surface area contributed by atoms with E-state index in [1.807, 2.05) is 0 Å². The monoisotopic (exact) mass is 1010 g/mol. The molecule has 4 heterocycles. The van der Waals surface area contributed by atoms with Gasteiger partial charge >= 0.3 is 39.1 Å². The van der Waals surface area contributed by atoms with Crippen LogP contribution in [0.2, 0.25) is 5.15 Å². The van der Waals surface area contributed by atoms with E-state index in [1.54, 1.807) is 117 Å². The maximum atomic E-state index is 13.2. The Bertz CT molecular complexity index is 2510. The number of rotatable bonds is 20. The van der Waals surface area contributed by atoms with E-state index in [0.717, 1.165) is 0 Å². The first-order chi connectivity index (χ1) is 31.5. The molecule has 0 aliphatic heterocycles. The summed E-state index contributed by atoms with van der Waals surface area (Å²) in [6, 6.07) is 0. The molecule has 0 saturated heterocycles. The number of carbonyl (C=O) groups excluding carboxylic acids is 4. The van der Waals surface area contributed by atoms with Crippen molar-refractivity contribution in [1.82, 2.24) is 39.0 Å². The Hall–Kier alpha value is -5.15. The first-order valence-electron chi connectivity index (χ1n) is 20.9. The van der Waals surface area contributed by atoms with Crippen molar-refractivity contribution in [2.45, 2.75) is 96.2 Å². The highest BCUT2D eigenvalue weighted by Gasteiger charge is 2.31. The van der Waals surface area contributed by atoms with Crippen molar-refractivity contribution in [3.05, 3.63) is 65.1 Å². The van der Waals surface area contributed by atoms with Crippen molar-refractivity contribution >= 4 is 73.0 Å². The Labute approximate surface area is 398 Å². The lowest BCUT2D eigenvalue weighted by molar-refractivity contribution is -0.163. The molecule has 0 bridgehead atoms. The van der Waals surface area contributed by atoms with E-state index >= 15 is 0 Å². The number of aromatic nitrogens is 8. The number of nitrogens with one attached hydrogen (secondary N) is 1. The minimum Gasteiger partial charge on any atom is -0.438 e. The van der Waals surface area contributed by atoms with Crippen LogP contribution in [0, 0.1) is 21.7 Å². The second kappa shape index (κ2) is 24.4. The molecule has 0 unspecified atom stereocenters. The lowest BCUT2D eigenvalue weighted by Crippen LogP contribution is -2.25. The second-order valence-corrected chi connectivity index (χ2v) is 23.3. The Morgan fingerprint density at radius 1 is 0.559 bits per heavy atom. The summed E-state index contributed by atoms with van der Waals surface area (Å²) in [6.45, 7) is 18.4. The highest BCUT2D eigenvalue weighted by atomic mass is 35.5. The summed E-state index contributed by atoms with van der Waals surface area (Å²) in [4.78, 5) is 82.3. The summed E-state index contributed by atoms with van der Waals surface area (Å²) in [5.74, 6) is -2.13. The van der Waals surface area contributed by atoms with Crippen LogP contribution in [-0.2, 0) is 78.4 Å². The lowest BCUT2D eigenvalue weighted by Gasteiger charge is -2.21. The average molecular weight is 1020 g/mol. The number of ether oxygens (including phenoxy) is 4. The van der Waals surface area contributed by atoms with E-state index in [1.165, 1.54) is 25.1 Å². The summed E-state index contributed by atoms with van der Waals surface area (Å²) in [6.07, 6.45) is 11.8. The summed E-state index contributed by atoms with van der Waals surface area (Å²) in [7, 11) is -7.65. The third kappa shape index (κ3) is 18.4. The lowest BCUT2D eigenvalue weighted by atomic mass is 9.98. The molecular formula is C42H61ClN8O15P2. The molecule has 0 amide bonds. The molecule has 0 atom stereocenters. The van der Waals surface area contributed by atoms with Gasteiger partial charge in [-0.1, -0.05) is 35.9 Å². The van der Waals surface area contributed by atoms with Gasteiger partial charge in [-0.3, -0.25) is 51.2 Å². The van der Waals surface area contributed by atoms with Crippen LogP contribution in [0.5, 0.6) is 0 Å². The van der Waals surface area contributed by atoms with Gasteiger partial charge in [0.1, 0.15) is 11.8 Å². The van der Waals surface area contributed by atoms with Crippen molar-refractivity contribution in [3.63, 3.8) is 0 Å². The third-order valence-electron chi connectivity index (χ3n) is 8.57. The first-order valence-corrected chi connectivity index (χ1v) is 24.7. The van der Waals surface area contributed by atoms with Gasteiger partial charge in [-0.05, 0) is 83.1 Å². The van der Waals surface area contributed by atoms with E-state index in [9.17, 15) is 33.1 Å². The van der Waals surface area contributed by atoms with Gasteiger partial charge < -0.3 is 33.1 Å². The number of H-pyrrole nitrogens is 1. The number of carbonyl (C=O) groups is 4. The molecule has 376 valence electrons. The van der Waals surface area contributed by atoms with Gasteiger partial charge in [0, 0.05) is 13.1 Å². The van der Waals surface area contributed by atoms with Gasteiger partial charge in [0.05, 0.1) is 53.0 Å². The molecule has 4 aromatic heterocycles. The fourth-order valence-electron chi connectivity index (χ4n) is 4.59. The van der Waals surface area contributed by atoms with Crippen LogP contribution in [0.15, 0.2) is 54.4 Å². The van der Waals surface area contributed by atoms with Gasteiger partial charge in [0.15, 0.2) is 22.0 Å². The SMILES string of the molecule is CC(C)(C)C(=O)OCOP(=O)(C/C=C/Cn1cnc2c(=O)[nH]cnc21)OCOC(=O)C(C)(C)C.CC(C)(C)C(=O)OCOP(=O)(C/C=C/Cn1cnc2c(Cl)ncnc21)OCOC(=O)C(C)(C)C. The molecule has 68 heavy (non-hydrogen) atoms. The van der Waals surface area contributed by atoms with E-state index < -0.39 is 87.9 Å². The number of allylic oxidation sites excluding steroid dienone is 4. The number of esters is 4. The van der Waals surface area contributed by atoms with Crippen LogP contribution < -0.4 is 5.56 Å². The number of halogens is 1. The fourth-order valence-corrected chi connectivity index (χ4v) is 7.00. The predicted octanol–water partition coefficient (Wildman–Crippen LogP) is 7.35. The number of hydrogen-bond donors (Lipinski definition) is 1. The molecule has 26 heteroatoms. The first kappa shape index (κ1) is 57.2. The van der Waals surface area contributed by atoms with Crippen molar-refractivity contribution < 1.29 is 65.4 Å². The molecule has 4 aromatic rings. The molecule has 0 aliphatic rings. The van der Waals surface area contributed by atoms with Crippen molar-refractivity contribution in [2.24, 2.45) is 21.7 Å². The van der Waals surface area contributed by atoms with E-state index in [0.29, 0.717) is 23.4 Å². The molecule has 23 nitrogen and oxygen atoms in total. The predicted molar refractivity (Wildman–Crippen MR) is 248 cm³/mol. The normalized spacial score (nSPS) is 12.9. The summed E-state index contributed by atoms with van der Waals surface area (Å²) >= 11 is 6.00. The quantitative estimate of drug-likeness (QED) is 0.0226. The van der Waals surface area contributed by atoms with Crippen LogP contribution in [0.4, 0.5) is 0 Å². The second-order valence-electron chi connectivity index (χ2n) is 18.8. The largest absolute Gasteiger partial charge is 0.438 e. The van der Waals surface area contributed by atoms with Gasteiger partial charge in [0.2, 0.25) is 27.2 Å². The van der Waals surface area contributed by atoms with Gasteiger partial charge in [-0.15, -0.1) is 0 Å². The Kier molecular flexibility index (Phi) is 20.5. The number of hydrogen-bond acceptors (Lipinski definition) is 20. The Morgan fingerprint density at radius 3 is 1.28 bits per heavy atom. The summed E-state index contributed by atoms with van der Waals surface area (Å²) < 4.78 is 70.8. The standard InChI is InChI=1S/C21H30ClN4O7P.C21H31N4O8P/c1-20(2,3)18(27)30-13-32-34(29,33-14-31-19(28)21(4,5)6)10-8-7-9-26-12-25-15-16(22)23-11-24-17(15)26;1-20(2,3)18(27)30-13-32-34(29,33-14-31-19(28)21(4,5)6)10-8-7-9-25-12-24-15-16(25)22-11-23-17(15)26/h7-8,11-12H,9-10,13-14H2,1-6H3;7-8,11-12H,9-10,13-14H2,1-6H3,(H,22,23,26)/b2*8-7+. The molecular weight excluding hydrogens is 954 g/mol. The minimum atomic E-state index is -3.84. The molecule has 0 spiro atoms. The van der Waals surface area contributed by atoms with E-state index in [2.05, 4.69) is 29.9 Å². The van der Waals surface area contributed by atoms with Crippen LogP contribution >= 0.6 is 26.8 Å². The van der Waals surface area contributed by atoms with E-state index in [4.69, 9.17) is 48.6 Å². The zero-order valence-corrected chi connectivity index (χ0v) is 42.8. The van der Waals surface area contributed by atoms with Gasteiger partial charge in [0.25, 0.3) is 5.56 Å². The third-order valence-corrected chi connectivity index (χ3v) is 12.2. The van der Waals surface area contributed by atoms with Crippen molar-refractivity contribution in [3.8, 4) is 0 Å². The zero-order valence-electron chi connectivity index (χ0n) is 40.3. The van der Waals surface area contributed by atoms with Crippen LogP contribution in [-0.4, -0.2) is 102 Å². The van der Waals surface area contributed by atoms with Crippen LogP contribution in [0.25, 0.3) is 22.3 Å². The topological polar surface area (TPSA) is 283 Å². The maximum Gasteiger partial charge on any atom is 0.340 e. The number of nitrogens with zero attached hydrogens (tertiary/aromatic N) is 7. The van der Waals surface area contributed by atoms with E-state index in [-0.39, 0.29) is 35.1 Å². The average Bonchev–Trinajstić information content (AvgIpc) is 3.85. The molecule has 1 N–H and O–H groups in total. The highest BCUT2D eigenvalue weighted by molar-refractivity contribution is 7.54. The molecule has 0 aliphatic carbocycles. The highest BCUT2D eigenvalue weighted by Crippen LogP contribution is 2.49. The summed E-state index contributed by atoms with van der Waals surface area (Å²) in [5, 5.41) is 0.244. The molecule has 0 radical (unpaired) electrons. The van der Waals surface area contributed by atoms with Gasteiger partial charge in [-0.25, -0.2) is 24.9 Å². The summed E-state index contributed by atoms with van der Waals surface area (Å²) in [5.41, 5.74) is -1.78. The minimum absolute atomic E-state index is 0.157. The fraction of sp³-hybridized carbons (Fsp3) is 0.571. The van der Waals surface area contributed by atoms with Crippen molar-refractivity contribution in [1.29, 1.82) is 0 Å². The number of aromatic amines is 1. The van der Waals surface area contributed by atoms with Crippen molar-refractivity contribution in [2.75, 3.05) is 39.5 Å². The Balaban J connectivity index is 0.000000360. The molecule has 0 fully saturated rings. The molecule has 0 aromatic carbocycles. The number of fused-ring (bicyclic) bond motifs is 2. The maximum absolute atomic E-state index is 13.2. The molecule has 4 rings (SSSR count). The molecule has 0 saturated carbocycles. The zero-order chi connectivity index (χ0) is 51.1. The van der Waals surface area contributed by atoms with Gasteiger partial charge in [-0.2, -0.15) is 0 Å².